The third-order valence-corrected chi connectivity index (χ3v) is 5.23. The number of amides is 1. The number of aromatic nitrogens is 2. The molecule has 0 spiro atoms. The van der Waals surface area contributed by atoms with E-state index in [1.54, 1.807) is 25.1 Å². The molecule has 1 unspecified atom stereocenters. The molecule has 0 aliphatic carbocycles. The number of Topliss-reactive ketones (excluding diaryl/α,β-unsaturated/α-hetero) is 1. The first-order valence-corrected chi connectivity index (χ1v) is 10.5. The molecule has 0 saturated carbocycles. The van der Waals surface area contributed by atoms with Crippen molar-refractivity contribution in [2.24, 2.45) is 0 Å². The van der Waals surface area contributed by atoms with Crippen LogP contribution >= 0.6 is 0 Å². The molecule has 1 amide bonds. The van der Waals surface area contributed by atoms with E-state index in [2.05, 4.69) is 15.0 Å². The Kier molecular flexibility index (Phi) is 8.02. The first-order valence-electron chi connectivity index (χ1n) is 10.5. The molecular formula is C23H19F4N3O6. The number of carbonyl (C=O) groups is 3. The van der Waals surface area contributed by atoms with Crippen molar-refractivity contribution in [2.75, 3.05) is 6.61 Å². The van der Waals surface area contributed by atoms with Gasteiger partial charge in [-0.3, -0.25) is 23.7 Å². The van der Waals surface area contributed by atoms with Gasteiger partial charge in [0.15, 0.2) is 23.2 Å². The van der Waals surface area contributed by atoms with Gasteiger partial charge in [0.2, 0.25) is 17.5 Å². The second-order valence-corrected chi connectivity index (χ2v) is 7.61. The number of hydrogen-bond donors (Lipinski definition) is 2. The summed E-state index contributed by atoms with van der Waals surface area (Å²) in [6.45, 7) is 0.344. The van der Waals surface area contributed by atoms with Gasteiger partial charge in [-0.1, -0.05) is 19.1 Å². The maximum Gasteiger partial charge on any atom is 0.305 e. The third kappa shape index (κ3) is 5.50. The smallest absolute Gasteiger partial charge is 0.305 e. The van der Waals surface area contributed by atoms with Crippen molar-refractivity contribution in [3.63, 3.8) is 0 Å². The Morgan fingerprint density at radius 3 is 2.36 bits per heavy atom. The Morgan fingerprint density at radius 2 is 1.75 bits per heavy atom. The van der Waals surface area contributed by atoms with Gasteiger partial charge in [-0.2, -0.15) is 8.78 Å². The number of para-hydroxylation sites is 1. The van der Waals surface area contributed by atoms with Gasteiger partial charge in [-0.25, -0.2) is 13.8 Å². The summed E-state index contributed by atoms with van der Waals surface area (Å²) in [4.78, 5) is 53.7. The molecule has 0 fully saturated rings. The number of nitrogens with zero attached hydrogens (tertiary/aromatic N) is 2. The molecule has 9 nitrogen and oxygen atoms in total. The van der Waals surface area contributed by atoms with Crippen molar-refractivity contribution >= 4 is 28.6 Å². The van der Waals surface area contributed by atoms with Gasteiger partial charge < -0.3 is 15.2 Å². The standard InChI is InChI=1S/C23H19F4N3O6/c1-2-16(30-10-28-14-6-4-3-5-11(14)23(30)35)22(34)29-15(8-18(32)33)17(31)9-36-21-19(26)12(24)7-13(25)20(21)27/h3-7,10,15-16H,2,8-9H2,1H3,(H,29,34)(H,32,33)/t15-,16?/m0/s1. The van der Waals surface area contributed by atoms with Crippen molar-refractivity contribution in [1.29, 1.82) is 0 Å². The molecule has 2 aromatic carbocycles. The average Bonchev–Trinajstić information content (AvgIpc) is 2.84. The minimum Gasteiger partial charge on any atom is -0.481 e. The Hall–Kier alpha value is -4.29. The first kappa shape index (κ1) is 26.3. The summed E-state index contributed by atoms with van der Waals surface area (Å²) in [7, 11) is 0. The fourth-order valence-electron chi connectivity index (χ4n) is 3.42. The molecule has 0 saturated heterocycles. The molecule has 2 N–H and O–H groups in total. The van der Waals surface area contributed by atoms with Crippen LogP contribution < -0.4 is 15.6 Å². The third-order valence-electron chi connectivity index (χ3n) is 5.23. The zero-order valence-corrected chi connectivity index (χ0v) is 18.6. The second-order valence-electron chi connectivity index (χ2n) is 7.61. The largest absolute Gasteiger partial charge is 0.481 e. The van der Waals surface area contributed by atoms with Gasteiger partial charge in [0.25, 0.3) is 5.56 Å². The van der Waals surface area contributed by atoms with Crippen LogP contribution in [0, 0.1) is 23.3 Å². The van der Waals surface area contributed by atoms with Gasteiger partial charge in [0, 0.05) is 6.07 Å². The van der Waals surface area contributed by atoms with Gasteiger partial charge in [0.1, 0.15) is 18.7 Å². The number of hydrogen-bond acceptors (Lipinski definition) is 6. The van der Waals surface area contributed by atoms with Crippen LogP contribution in [-0.4, -0.2) is 45.0 Å². The summed E-state index contributed by atoms with van der Waals surface area (Å²) >= 11 is 0. The lowest BCUT2D eigenvalue weighted by Crippen LogP contribution is -2.48. The molecule has 0 aliphatic rings. The second kappa shape index (κ2) is 11.0. The molecule has 3 rings (SSSR count). The number of benzene rings is 2. The molecule has 1 aromatic heterocycles. The lowest BCUT2D eigenvalue weighted by atomic mass is 10.1. The molecule has 190 valence electrons. The van der Waals surface area contributed by atoms with E-state index in [0.717, 1.165) is 10.9 Å². The van der Waals surface area contributed by atoms with Crippen LogP contribution in [0.4, 0.5) is 17.6 Å². The Labute approximate surface area is 200 Å². The highest BCUT2D eigenvalue weighted by atomic mass is 19.2. The van der Waals surface area contributed by atoms with Crippen molar-refractivity contribution in [3.05, 3.63) is 70.3 Å². The van der Waals surface area contributed by atoms with Crippen LogP contribution in [0.5, 0.6) is 5.75 Å². The van der Waals surface area contributed by atoms with E-state index in [4.69, 9.17) is 5.11 Å². The number of rotatable bonds is 10. The van der Waals surface area contributed by atoms with E-state index in [1.807, 2.05) is 0 Å². The van der Waals surface area contributed by atoms with Gasteiger partial charge in [-0.05, 0) is 18.6 Å². The number of fused-ring (bicyclic) bond motifs is 1. The maximum absolute atomic E-state index is 13.8. The van der Waals surface area contributed by atoms with Crippen LogP contribution in [0.25, 0.3) is 10.9 Å². The quantitative estimate of drug-likeness (QED) is 0.318. The number of ketones is 1. The minimum atomic E-state index is -1.89. The number of carbonyl (C=O) groups excluding carboxylic acids is 2. The van der Waals surface area contributed by atoms with E-state index in [9.17, 15) is 36.7 Å². The van der Waals surface area contributed by atoms with Crippen LogP contribution in [0.15, 0.2) is 41.5 Å². The molecule has 2 atom stereocenters. The number of halogens is 4. The van der Waals surface area contributed by atoms with Gasteiger partial charge >= 0.3 is 5.97 Å². The highest BCUT2D eigenvalue weighted by molar-refractivity contribution is 5.93. The highest BCUT2D eigenvalue weighted by Crippen LogP contribution is 2.26. The van der Waals surface area contributed by atoms with Crippen LogP contribution in [-0.2, 0) is 14.4 Å². The van der Waals surface area contributed by atoms with E-state index >= 15 is 0 Å². The van der Waals surface area contributed by atoms with E-state index in [1.165, 1.54) is 6.07 Å². The highest BCUT2D eigenvalue weighted by Gasteiger charge is 2.30. The summed E-state index contributed by atoms with van der Waals surface area (Å²) in [6, 6.07) is 3.39. The van der Waals surface area contributed by atoms with Gasteiger partial charge in [0.05, 0.1) is 23.7 Å². The number of ether oxygens (including phenoxy) is 1. The SMILES string of the molecule is CCC(C(=O)N[C@@H](CC(=O)O)C(=O)COc1c(F)c(F)cc(F)c1F)n1cnc2ccccc2c1=O. The first-order chi connectivity index (χ1) is 17.0. The summed E-state index contributed by atoms with van der Waals surface area (Å²) in [5, 5.41) is 11.6. The fourth-order valence-corrected chi connectivity index (χ4v) is 3.42. The number of nitrogens with one attached hydrogen (secondary N) is 1. The Bertz CT molecular complexity index is 1370. The lowest BCUT2D eigenvalue weighted by molar-refractivity contribution is -0.140. The molecule has 36 heavy (non-hydrogen) atoms. The van der Waals surface area contributed by atoms with E-state index in [-0.39, 0.29) is 17.9 Å². The number of aliphatic carboxylic acids is 1. The van der Waals surface area contributed by atoms with Crippen molar-refractivity contribution in [3.8, 4) is 5.75 Å². The normalized spacial score (nSPS) is 12.7. The number of carboxylic acids is 1. The molecule has 3 aromatic rings. The zero-order chi connectivity index (χ0) is 26.6. The number of carboxylic acid groups (broad SMARTS) is 1. The van der Waals surface area contributed by atoms with E-state index in [0.29, 0.717) is 5.52 Å². The van der Waals surface area contributed by atoms with Crippen molar-refractivity contribution < 1.29 is 41.8 Å². The molecule has 1 heterocycles. The van der Waals surface area contributed by atoms with Gasteiger partial charge in [-0.15, -0.1) is 0 Å². The summed E-state index contributed by atoms with van der Waals surface area (Å²) in [5.74, 6) is -12.4. The molecule has 0 aliphatic heterocycles. The molecular weight excluding hydrogens is 490 g/mol. The maximum atomic E-state index is 13.8. The fraction of sp³-hybridized carbons (Fsp3) is 0.261. The topological polar surface area (TPSA) is 128 Å². The Morgan fingerprint density at radius 1 is 1.11 bits per heavy atom. The van der Waals surface area contributed by atoms with Crippen LogP contribution in [0.2, 0.25) is 0 Å². The molecule has 0 bridgehead atoms. The van der Waals surface area contributed by atoms with Crippen LogP contribution in [0.1, 0.15) is 25.8 Å². The van der Waals surface area contributed by atoms with Crippen LogP contribution in [0.3, 0.4) is 0 Å². The lowest BCUT2D eigenvalue weighted by Gasteiger charge is -2.22. The Balaban J connectivity index is 1.82. The summed E-state index contributed by atoms with van der Waals surface area (Å²) in [5.41, 5.74) is -0.163. The zero-order valence-electron chi connectivity index (χ0n) is 18.6. The average molecular weight is 509 g/mol. The minimum absolute atomic E-state index is 0.0508. The predicted molar refractivity (Wildman–Crippen MR) is 116 cm³/mol. The van der Waals surface area contributed by atoms with E-state index < -0.39 is 77.3 Å². The van der Waals surface area contributed by atoms with Crippen molar-refractivity contribution in [1.82, 2.24) is 14.9 Å². The molecule has 13 heteroatoms. The monoisotopic (exact) mass is 509 g/mol. The summed E-state index contributed by atoms with van der Waals surface area (Å²) in [6.07, 6.45) is 0.243. The summed E-state index contributed by atoms with van der Waals surface area (Å²) < 4.78 is 59.9. The molecule has 0 radical (unpaired) electrons. The van der Waals surface area contributed by atoms with Crippen molar-refractivity contribution in [2.45, 2.75) is 31.8 Å². The predicted octanol–water partition coefficient (Wildman–Crippen LogP) is 2.51.